The van der Waals surface area contributed by atoms with Gasteiger partial charge in [-0.25, -0.2) is 22.5 Å². The fourth-order valence-corrected chi connectivity index (χ4v) is 4.11. The summed E-state index contributed by atoms with van der Waals surface area (Å²) in [5.41, 5.74) is 3.19. The minimum absolute atomic E-state index is 0.0756. The molecule has 3 unspecified atom stereocenters. The van der Waals surface area contributed by atoms with E-state index in [1.807, 2.05) is 0 Å². The van der Waals surface area contributed by atoms with Crippen molar-refractivity contribution in [1.29, 1.82) is 0 Å². The molecule has 1 saturated heterocycles. The summed E-state index contributed by atoms with van der Waals surface area (Å²) < 4.78 is 77.7. The van der Waals surface area contributed by atoms with Gasteiger partial charge in [-0.2, -0.15) is 4.39 Å². The van der Waals surface area contributed by atoms with Crippen molar-refractivity contribution in [3.63, 3.8) is 0 Å². The number of carbonyl (C=O) groups is 2. The molecular weight excluding hydrogens is 561 g/mol. The lowest BCUT2D eigenvalue weighted by atomic mass is 9.77. The van der Waals surface area contributed by atoms with Gasteiger partial charge in [0, 0.05) is 23.2 Å². The number of nitrogens with one attached hydrogen (secondary N) is 1. The third-order valence-electron chi connectivity index (χ3n) is 6.24. The molecule has 0 radical (unpaired) electrons. The van der Waals surface area contributed by atoms with Gasteiger partial charge >= 0.3 is 0 Å². The van der Waals surface area contributed by atoms with E-state index in [2.05, 4.69) is 16.0 Å². The smallest absolute Gasteiger partial charge is 0.254 e. The largest absolute Gasteiger partial charge is 0.493 e. The molecule has 5 N–H and O–H groups in total. The van der Waals surface area contributed by atoms with Crippen LogP contribution in [0, 0.1) is 17.6 Å². The van der Waals surface area contributed by atoms with E-state index in [1.165, 1.54) is 32.2 Å². The Labute approximate surface area is 233 Å². The first kappa shape index (κ1) is 35.6. The quantitative estimate of drug-likeness (QED) is 0.240. The number of halogens is 5. The first-order valence-electron chi connectivity index (χ1n) is 12.1. The van der Waals surface area contributed by atoms with Crippen molar-refractivity contribution < 1.29 is 56.0 Å². The van der Waals surface area contributed by atoms with Gasteiger partial charge in [-0.1, -0.05) is 13.0 Å². The fraction of sp³-hybridized carbons (Fsp3) is 0.500. The maximum absolute atomic E-state index is 14.5. The predicted octanol–water partition coefficient (Wildman–Crippen LogP) is 2.86. The van der Waals surface area contributed by atoms with Crippen LogP contribution in [0.1, 0.15) is 35.8 Å². The van der Waals surface area contributed by atoms with Crippen LogP contribution in [0.5, 0.6) is 11.6 Å². The van der Waals surface area contributed by atoms with Crippen LogP contribution in [0.15, 0.2) is 24.3 Å². The summed E-state index contributed by atoms with van der Waals surface area (Å²) in [4.78, 5) is 28.6. The number of rotatable bonds is 10. The van der Waals surface area contributed by atoms with Gasteiger partial charge in [-0.05, 0) is 32.0 Å². The van der Waals surface area contributed by atoms with Crippen LogP contribution in [-0.2, 0) is 9.53 Å². The molecule has 15 heteroatoms. The van der Waals surface area contributed by atoms with Crippen molar-refractivity contribution in [3.05, 3.63) is 47.2 Å². The molecule has 41 heavy (non-hydrogen) atoms. The number of hydrogen-bond acceptors (Lipinski definition) is 9. The molecule has 1 aromatic heterocycles. The molecule has 3 rings (SSSR count). The summed E-state index contributed by atoms with van der Waals surface area (Å²) >= 11 is 0. The number of benzene rings is 1. The third kappa shape index (κ3) is 8.79. The lowest BCUT2D eigenvalue weighted by molar-refractivity contribution is -0.133. The third-order valence-corrected chi connectivity index (χ3v) is 6.24. The molecule has 1 amide bonds. The van der Waals surface area contributed by atoms with Crippen molar-refractivity contribution in [2.24, 2.45) is 11.7 Å². The maximum atomic E-state index is 14.5. The molecule has 10 nitrogen and oxygen atoms in total. The molecule has 2 aromatic rings. The number of pyridine rings is 1. The van der Waals surface area contributed by atoms with Crippen molar-refractivity contribution in [2.75, 3.05) is 46.3 Å². The average Bonchev–Trinajstić information content (AvgIpc) is 3.25. The molecule has 0 saturated carbocycles. The van der Waals surface area contributed by atoms with Crippen LogP contribution < -0.4 is 20.5 Å². The van der Waals surface area contributed by atoms with Gasteiger partial charge in [0.25, 0.3) is 5.91 Å². The van der Waals surface area contributed by atoms with Gasteiger partial charge in [0.2, 0.25) is 18.6 Å². The maximum Gasteiger partial charge on any atom is 0.254 e. The monoisotopic (exact) mass is 595 g/mol. The molecule has 1 fully saturated rings. The number of ether oxygens (including phenoxy) is 3. The Kier molecular flexibility index (Phi) is 14.6. The highest BCUT2D eigenvalue weighted by molar-refractivity contribution is 5.96. The number of alkyl halides is 3. The van der Waals surface area contributed by atoms with Crippen LogP contribution in [0.4, 0.5) is 27.6 Å². The molecule has 230 valence electrons. The second-order valence-corrected chi connectivity index (χ2v) is 8.76. The van der Waals surface area contributed by atoms with Crippen LogP contribution in [-0.4, -0.2) is 86.2 Å². The van der Waals surface area contributed by atoms with Gasteiger partial charge in [0.1, 0.15) is 31.2 Å². The zero-order valence-corrected chi connectivity index (χ0v) is 22.9. The summed E-state index contributed by atoms with van der Waals surface area (Å²) in [7, 11) is 2.65. The van der Waals surface area contributed by atoms with Gasteiger partial charge in [-0.15, -0.1) is 0 Å². The fourth-order valence-electron chi connectivity index (χ4n) is 4.11. The summed E-state index contributed by atoms with van der Waals surface area (Å²) in [5, 5.41) is 21.0. The molecule has 1 aliphatic rings. The number of aliphatic hydroxyl groups excluding tert-OH is 2. The van der Waals surface area contributed by atoms with Crippen molar-refractivity contribution >= 4 is 17.9 Å². The molecule has 0 spiro atoms. The number of aromatic nitrogens is 1. The van der Waals surface area contributed by atoms with Crippen molar-refractivity contribution in [2.45, 2.75) is 37.6 Å². The van der Waals surface area contributed by atoms with Crippen molar-refractivity contribution in [1.82, 2.24) is 4.98 Å². The van der Waals surface area contributed by atoms with E-state index in [4.69, 9.17) is 19.3 Å². The Morgan fingerprint density at radius 3 is 2.44 bits per heavy atom. The standard InChI is InChI=1S/C24H27F3N2O7.CH2F2.CH5N/c1-12-19(16-4-5-17(26)20(27)21(16)34-3)22(36-24(12,2)11-25)23(33)29-13-6-14(8-30)28-18(7-13)35-10-15(32)9-31;2-1-3;1-2/h4-8,12,15,19,22,31-32H,9-11H2,1-3H3,(H,28,29,33);1H2;2H2,1H3/t12?,15?,19?,22-,24+;;/m1../s1. The second-order valence-electron chi connectivity index (χ2n) is 8.76. The van der Waals surface area contributed by atoms with E-state index < -0.39 is 73.1 Å². The highest BCUT2D eigenvalue weighted by Gasteiger charge is 2.54. The summed E-state index contributed by atoms with van der Waals surface area (Å²) in [6.07, 6.45) is -2.12. The van der Waals surface area contributed by atoms with Crippen LogP contribution in [0.2, 0.25) is 0 Å². The minimum atomic E-state index is -1.75. The highest BCUT2D eigenvalue weighted by Crippen LogP contribution is 2.49. The van der Waals surface area contributed by atoms with Crippen LogP contribution in [0.3, 0.4) is 0 Å². The molecule has 1 aromatic carbocycles. The molecule has 0 aliphatic carbocycles. The molecule has 2 heterocycles. The van der Waals surface area contributed by atoms with Crippen LogP contribution >= 0.6 is 0 Å². The summed E-state index contributed by atoms with van der Waals surface area (Å²) in [5.74, 6) is -5.24. The van der Waals surface area contributed by atoms with Crippen molar-refractivity contribution in [3.8, 4) is 11.6 Å². The Morgan fingerprint density at radius 2 is 1.90 bits per heavy atom. The highest BCUT2D eigenvalue weighted by atomic mass is 19.3. The van der Waals surface area contributed by atoms with E-state index in [-0.39, 0.29) is 29.4 Å². The number of anilines is 1. The predicted molar refractivity (Wildman–Crippen MR) is 138 cm³/mol. The Hall–Kier alpha value is -3.40. The number of aldehydes is 1. The number of methoxy groups -OCH3 is 1. The normalized spacial score (nSPS) is 21.9. The number of aliphatic hydroxyl groups is 2. The first-order valence-corrected chi connectivity index (χ1v) is 12.1. The minimum Gasteiger partial charge on any atom is -0.493 e. The van der Waals surface area contributed by atoms with Crippen LogP contribution in [0.25, 0.3) is 0 Å². The first-order chi connectivity index (χ1) is 19.5. The summed E-state index contributed by atoms with van der Waals surface area (Å²) in [6, 6.07) is 4.68. The van der Waals surface area contributed by atoms with Gasteiger partial charge in [0.05, 0.1) is 19.3 Å². The van der Waals surface area contributed by atoms with Gasteiger partial charge < -0.3 is 35.5 Å². The molecule has 1 aliphatic heterocycles. The Balaban J connectivity index is 0.00000157. The van der Waals surface area contributed by atoms with E-state index in [0.717, 1.165) is 13.2 Å². The number of carbonyl (C=O) groups excluding carboxylic acids is 2. The Bertz CT molecular complexity index is 1150. The average molecular weight is 596 g/mol. The number of amides is 1. The van der Waals surface area contributed by atoms with Gasteiger partial charge in [-0.3, -0.25) is 9.59 Å². The van der Waals surface area contributed by atoms with E-state index in [0.29, 0.717) is 6.29 Å². The number of hydrogen-bond donors (Lipinski definition) is 4. The molecule has 5 atom stereocenters. The van der Waals surface area contributed by atoms with E-state index >= 15 is 0 Å². The zero-order valence-electron chi connectivity index (χ0n) is 22.9. The molecular formula is C26H34F5N3O7. The zero-order chi connectivity index (χ0) is 31.3. The summed E-state index contributed by atoms with van der Waals surface area (Å²) in [6.45, 7) is -0.477. The number of nitrogens with two attached hydrogens (primary N) is 1. The lowest BCUT2D eigenvalue weighted by Gasteiger charge is -2.27. The van der Waals surface area contributed by atoms with E-state index in [1.54, 1.807) is 6.92 Å². The molecule has 0 bridgehead atoms. The second kappa shape index (κ2) is 16.8. The topological polar surface area (TPSA) is 153 Å². The van der Waals surface area contributed by atoms with Gasteiger partial charge in [0.15, 0.2) is 17.9 Å². The SMILES string of the molecule is CN.COc1c(C2C(C)[C@](C)(CF)O[C@H]2C(=O)Nc2cc(C=O)nc(OCC(O)CO)c2)ccc(F)c1F.FCF. The lowest BCUT2D eigenvalue weighted by Crippen LogP contribution is -2.35. The van der Waals surface area contributed by atoms with E-state index in [9.17, 15) is 36.6 Å². The number of nitrogens with zero attached hydrogens (tertiary/aromatic N) is 1. The Morgan fingerprint density at radius 1 is 1.27 bits per heavy atom.